The van der Waals surface area contributed by atoms with Gasteiger partial charge in [0.1, 0.15) is 0 Å². The largest absolute Gasteiger partial charge is 0.462 e. The molecular formula is C17H16N2O2S. The average molecular weight is 312 g/mol. The summed E-state index contributed by atoms with van der Waals surface area (Å²) in [5, 5.41) is 5.63. The topological polar surface area (TPSA) is 55.1 Å². The van der Waals surface area contributed by atoms with Crippen LogP contribution in [0, 0.1) is 0 Å². The van der Waals surface area contributed by atoms with Crippen LogP contribution in [0.5, 0.6) is 0 Å². The molecule has 3 rings (SSSR count). The number of thiazole rings is 1. The SMILES string of the molecule is O=C(Cc1csc(-c2ccco2)n1)NCCc1ccccc1. The van der Waals surface area contributed by atoms with Gasteiger partial charge in [0.2, 0.25) is 5.91 Å². The number of carbonyl (C=O) groups is 1. The minimum Gasteiger partial charge on any atom is -0.462 e. The van der Waals surface area contributed by atoms with Gasteiger partial charge in [-0.15, -0.1) is 11.3 Å². The van der Waals surface area contributed by atoms with E-state index in [0.717, 1.165) is 22.9 Å². The molecule has 22 heavy (non-hydrogen) atoms. The molecule has 5 heteroatoms. The Balaban J connectivity index is 1.48. The van der Waals surface area contributed by atoms with Crippen LogP contribution in [0.25, 0.3) is 10.8 Å². The van der Waals surface area contributed by atoms with E-state index in [2.05, 4.69) is 22.4 Å². The normalized spacial score (nSPS) is 10.5. The molecule has 4 nitrogen and oxygen atoms in total. The number of carbonyl (C=O) groups excluding carboxylic acids is 1. The first-order chi connectivity index (χ1) is 10.8. The van der Waals surface area contributed by atoms with Crippen molar-refractivity contribution < 1.29 is 9.21 Å². The van der Waals surface area contributed by atoms with E-state index >= 15 is 0 Å². The van der Waals surface area contributed by atoms with Gasteiger partial charge in [0, 0.05) is 11.9 Å². The quantitative estimate of drug-likeness (QED) is 0.760. The fourth-order valence-electron chi connectivity index (χ4n) is 2.12. The van der Waals surface area contributed by atoms with Crippen LogP contribution in [0.3, 0.4) is 0 Å². The molecule has 0 aliphatic rings. The first-order valence-corrected chi connectivity index (χ1v) is 7.98. The molecule has 0 unspecified atom stereocenters. The fraction of sp³-hybridized carbons (Fsp3) is 0.176. The van der Waals surface area contributed by atoms with Crippen molar-refractivity contribution in [3.8, 4) is 10.8 Å². The third-order valence-electron chi connectivity index (χ3n) is 3.20. The zero-order valence-electron chi connectivity index (χ0n) is 12.0. The molecule has 2 aromatic heterocycles. The standard InChI is InChI=1S/C17H16N2O2S/c20-16(18-9-8-13-5-2-1-3-6-13)11-14-12-22-17(19-14)15-7-4-10-21-15/h1-7,10,12H,8-9,11H2,(H,18,20). The van der Waals surface area contributed by atoms with Crippen molar-refractivity contribution in [1.29, 1.82) is 0 Å². The monoisotopic (exact) mass is 312 g/mol. The number of benzene rings is 1. The van der Waals surface area contributed by atoms with Crippen molar-refractivity contribution in [2.24, 2.45) is 0 Å². The zero-order chi connectivity index (χ0) is 15.2. The Morgan fingerprint density at radius 1 is 1.18 bits per heavy atom. The molecule has 1 amide bonds. The summed E-state index contributed by atoms with van der Waals surface area (Å²) in [5.41, 5.74) is 1.99. The molecule has 112 valence electrons. The number of aromatic nitrogens is 1. The lowest BCUT2D eigenvalue weighted by atomic mass is 10.1. The van der Waals surface area contributed by atoms with E-state index in [4.69, 9.17) is 4.42 Å². The van der Waals surface area contributed by atoms with Crippen LogP contribution in [0.2, 0.25) is 0 Å². The lowest BCUT2D eigenvalue weighted by Gasteiger charge is -2.04. The van der Waals surface area contributed by atoms with E-state index in [-0.39, 0.29) is 5.91 Å². The summed E-state index contributed by atoms with van der Waals surface area (Å²) in [6, 6.07) is 13.8. The van der Waals surface area contributed by atoms with E-state index in [0.29, 0.717) is 13.0 Å². The third-order valence-corrected chi connectivity index (χ3v) is 4.11. The number of nitrogens with one attached hydrogen (secondary N) is 1. The molecule has 2 heterocycles. The molecule has 0 radical (unpaired) electrons. The van der Waals surface area contributed by atoms with Crippen molar-refractivity contribution in [2.75, 3.05) is 6.54 Å². The molecule has 0 saturated heterocycles. The molecule has 0 saturated carbocycles. The number of rotatable bonds is 6. The van der Waals surface area contributed by atoms with Crippen LogP contribution >= 0.6 is 11.3 Å². The fourth-order valence-corrected chi connectivity index (χ4v) is 2.91. The molecule has 0 bridgehead atoms. The molecule has 0 aliphatic heterocycles. The van der Waals surface area contributed by atoms with Gasteiger partial charge in [-0.3, -0.25) is 4.79 Å². The van der Waals surface area contributed by atoms with Gasteiger partial charge >= 0.3 is 0 Å². The smallest absolute Gasteiger partial charge is 0.226 e. The maximum Gasteiger partial charge on any atom is 0.226 e. The maximum absolute atomic E-state index is 11.9. The highest BCUT2D eigenvalue weighted by Crippen LogP contribution is 2.23. The van der Waals surface area contributed by atoms with Gasteiger partial charge in [-0.05, 0) is 24.1 Å². The maximum atomic E-state index is 11.9. The zero-order valence-corrected chi connectivity index (χ0v) is 12.8. The molecule has 3 aromatic rings. The Morgan fingerprint density at radius 2 is 2.05 bits per heavy atom. The van der Waals surface area contributed by atoms with Gasteiger partial charge in [-0.25, -0.2) is 4.98 Å². The van der Waals surface area contributed by atoms with Crippen molar-refractivity contribution in [3.05, 3.63) is 65.4 Å². The summed E-state index contributed by atoms with van der Waals surface area (Å²) >= 11 is 1.49. The van der Waals surface area contributed by atoms with Crippen LogP contribution in [0.4, 0.5) is 0 Å². The molecule has 0 fully saturated rings. The molecule has 0 atom stereocenters. The van der Waals surface area contributed by atoms with Gasteiger partial charge in [0.25, 0.3) is 0 Å². The lowest BCUT2D eigenvalue weighted by Crippen LogP contribution is -2.27. The van der Waals surface area contributed by atoms with E-state index in [1.54, 1.807) is 6.26 Å². The second-order valence-corrected chi connectivity index (χ2v) is 5.74. The summed E-state index contributed by atoms with van der Waals surface area (Å²) in [6.45, 7) is 0.637. The predicted molar refractivity (Wildman–Crippen MR) is 86.7 cm³/mol. The van der Waals surface area contributed by atoms with Crippen molar-refractivity contribution in [3.63, 3.8) is 0 Å². The van der Waals surface area contributed by atoms with Crippen LogP contribution in [0.15, 0.2) is 58.5 Å². The van der Waals surface area contributed by atoms with Gasteiger partial charge < -0.3 is 9.73 Å². The minimum absolute atomic E-state index is 0.00720. The molecule has 1 aromatic carbocycles. The van der Waals surface area contributed by atoms with E-state index in [9.17, 15) is 4.79 Å². The summed E-state index contributed by atoms with van der Waals surface area (Å²) in [7, 11) is 0. The summed E-state index contributed by atoms with van der Waals surface area (Å²) in [4.78, 5) is 16.4. The Bertz CT molecular complexity index is 720. The van der Waals surface area contributed by atoms with Crippen molar-refractivity contribution in [2.45, 2.75) is 12.8 Å². The Morgan fingerprint density at radius 3 is 2.82 bits per heavy atom. The van der Waals surface area contributed by atoms with Gasteiger partial charge in [0.15, 0.2) is 10.8 Å². The minimum atomic E-state index is -0.00720. The van der Waals surface area contributed by atoms with Crippen molar-refractivity contribution in [1.82, 2.24) is 10.3 Å². The Hall–Kier alpha value is -2.40. The summed E-state index contributed by atoms with van der Waals surface area (Å²) in [6.07, 6.45) is 2.75. The predicted octanol–water partition coefficient (Wildman–Crippen LogP) is 3.30. The molecular weight excluding hydrogens is 296 g/mol. The van der Waals surface area contributed by atoms with E-state index in [1.165, 1.54) is 16.9 Å². The highest BCUT2D eigenvalue weighted by Gasteiger charge is 2.10. The number of hydrogen-bond acceptors (Lipinski definition) is 4. The molecule has 0 spiro atoms. The second-order valence-electron chi connectivity index (χ2n) is 4.88. The van der Waals surface area contributed by atoms with Crippen LogP contribution in [0.1, 0.15) is 11.3 Å². The first kappa shape index (κ1) is 14.5. The van der Waals surface area contributed by atoms with E-state index < -0.39 is 0 Å². The van der Waals surface area contributed by atoms with Gasteiger partial charge in [0.05, 0.1) is 18.4 Å². The second kappa shape index (κ2) is 7.04. The number of furan rings is 1. The Labute approximate surface area is 132 Å². The van der Waals surface area contributed by atoms with Crippen LogP contribution < -0.4 is 5.32 Å². The number of nitrogens with zero attached hydrogens (tertiary/aromatic N) is 1. The lowest BCUT2D eigenvalue weighted by molar-refractivity contribution is -0.120. The molecule has 0 aliphatic carbocycles. The molecule has 1 N–H and O–H groups in total. The number of hydrogen-bond donors (Lipinski definition) is 1. The van der Waals surface area contributed by atoms with E-state index in [1.807, 2.05) is 35.7 Å². The van der Waals surface area contributed by atoms with Gasteiger partial charge in [-0.1, -0.05) is 30.3 Å². The Kier molecular flexibility index (Phi) is 4.65. The van der Waals surface area contributed by atoms with Crippen LogP contribution in [-0.2, 0) is 17.6 Å². The number of amides is 1. The summed E-state index contributed by atoms with van der Waals surface area (Å²) in [5.74, 6) is 0.730. The van der Waals surface area contributed by atoms with Crippen LogP contribution in [-0.4, -0.2) is 17.4 Å². The highest BCUT2D eigenvalue weighted by molar-refractivity contribution is 7.13. The van der Waals surface area contributed by atoms with Gasteiger partial charge in [-0.2, -0.15) is 0 Å². The average Bonchev–Trinajstić information content (AvgIpc) is 3.19. The first-order valence-electron chi connectivity index (χ1n) is 7.10. The highest BCUT2D eigenvalue weighted by atomic mass is 32.1. The van der Waals surface area contributed by atoms with Crippen molar-refractivity contribution >= 4 is 17.2 Å². The third kappa shape index (κ3) is 3.83. The summed E-state index contributed by atoms with van der Waals surface area (Å²) < 4.78 is 5.30.